The van der Waals surface area contributed by atoms with E-state index >= 15 is 0 Å². The van der Waals surface area contributed by atoms with Crippen molar-refractivity contribution in [3.63, 3.8) is 0 Å². The lowest BCUT2D eigenvalue weighted by Gasteiger charge is -2.23. The van der Waals surface area contributed by atoms with Gasteiger partial charge in [-0.25, -0.2) is 9.78 Å². The fraction of sp³-hybridized carbons (Fsp3) is 0.636. The number of amides is 1. The maximum atomic E-state index is 12.5. The van der Waals surface area contributed by atoms with Crippen LogP contribution in [0.3, 0.4) is 0 Å². The third-order valence-corrected chi connectivity index (χ3v) is 5.08. The number of fused-ring (bicyclic) bond motifs is 1. The van der Waals surface area contributed by atoms with E-state index in [1.165, 1.54) is 18.4 Å². The molecule has 1 saturated carbocycles. The third kappa shape index (κ3) is 5.25. The minimum Gasteiger partial charge on any atom is -0.444 e. The second kappa shape index (κ2) is 8.11. The molecule has 6 nitrogen and oxygen atoms in total. The number of aromatic nitrogens is 2. The maximum absolute atomic E-state index is 12.5. The van der Waals surface area contributed by atoms with Gasteiger partial charge in [0.05, 0.1) is 17.1 Å². The Hall–Kier alpha value is -2.08. The number of benzene rings is 1. The van der Waals surface area contributed by atoms with Crippen molar-refractivity contribution in [1.29, 1.82) is 0 Å². The molecule has 28 heavy (non-hydrogen) atoms. The molecular formula is C22H34N4O2. The highest BCUT2D eigenvalue weighted by molar-refractivity contribution is 5.80. The summed E-state index contributed by atoms with van der Waals surface area (Å²) in [6.45, 7) is 6.48. The van der Waals surface area contributed by atoms with Crippen LogP contribution in [0, 0.1) is 5.92 Å². The van der Waals surface area contributed by atoms with Crippen molar-refractivity contribution in [3.8, 4) is 0 Å². The predicted molar refractivity (Wildman–Crippen MR) is 112 cm³/mol. The normalized spacial score (nSPS) is 15.8. The SMILES string of the molecule is CN(C)Cc1cccc2c1nc(C(CCC1CC1)NC(=O)OC(C)(C)C)n2C. The van der Waals surface area contributed by atoms with Crippen LogP contribution >= 0.6 is 0 Å². The summed E-state index contributed by atoms with van der Waals surface area (Å²) in [5.74, 6) is 1.69. The first kappa shape index (κ1) is 20.6. The van der Waals surface area contributed by atoms with E-state index in [1.54, 1.807) is 0 Å². The summed E-state index contributed by atoms with van der Waals surface area (Å²) in [6.07, 6.45) is 4.20. The summed E-state index contributed by atoms with van der Waals surface area (Å²) in [4.78, 5) is 19.6. The van der Waals surface area contributed by atoms with Crippen LogP contribution in [-0.4, -0.2) is 40.2 Å². The lowest BCUT2D eigenvalue weighted by atomic mass is 10.1. The van der Waals surface area contributed by atoms with E-state index in [4.69, 9.17) is 9.72 Å². The van der Waals surface area contributed by atoms with Crippen LogP contribution in [-0.2, 0) is 18.3 Å². The van der Waals surface area contributed by atoms with Crippen molar-refractivity contribution >= 4 is 17.1 Å². The second-order valence-corrected chi connectivity index (χ2v) is 9.27. The first-order valence-electron chi connectivity index (χ1n) is 10.2. The molecule has 2 aromatic rings. The van der Waals surface area contributed by atoms with Crippen molar-refractivity contribution in [2.45, 2.75) is 64.6 Å². The smallest absolute Gasteiger partial charge is 0.408 e. The molecule has 1 aliphatic rings. The number of rotatable bonds is 7. The van der Waals surface area contributed by atoms with E-state index in [-0.39, 0.29) is 12.1 Å². The van der Waals surface area contributed by atoms with E-state index in [1.807, 2.05) is 27.8 Å². The van der Waals surface area contributed by atoms with Gasteiger partial charge in [0.1, 0.15) is 11.4 Å². The van der Waals surface area contributed by atoms with Gasteiger partial charge in [-0.05, 0) is 65.3 Å². The molecule has 1 fully saturated rings. The molecule has 1 aromatic carbocycles. The number of imidazole rings is 1. The number of carbonyl (C=O) groups is 1. The number of nitrogens with zero attached hydrogens (tertiary/aromatic N) is 3. The Labute approximate surface area is 168 Å². The number of alkyl carbamates (subject to hydrolysis) is 1. The lowest BCUT2D eigenvalue weighted by molar-refractivity contribution is 0.0497. The summed E-state index contributed by atoms with van der Waals surface area (Å²) in [7, 11) is 6.15. The van der Waals surface area contributed by atoms with Gasteiger partial charge in [-0.3, -0.25) is 0 Å². The number of ether oxygens (including phenoxy) is 1. The standard InChI is InChI=1S/C22H34N4O2/c1-22(2,3)28-21(27)23-17(13-12-15-10-11-15)20-24-19-16(14-25(4)5)8-7-9-18(19)26(20)6/h7-9,15,17H,10-14H2,1-6H3,(H,23,27). The highest BCUT2D eigenvalue weighted by Gasteiger charge is 2.28. The molecule has 0 bridgehead atoms. The van der Waals surface area contributed by atoms with Gasteiger partial charge in [0, 0.05) is 13.6 Å². The Kier molecular flexibility index (Phi) is 5.98. The van der Waals surface area contributed by atoms with Crippen molar-refractivity contribution in [3.05, 3.63) is 29.6 Å². The summed E-state index contributed by atoms with van der Waals surface area (Å²) in [5, 5.41) is 3.08. The minimum absolute atomic E-state index is 0.153. The lowest BCUT2D eigenvalue weighted by Crippen LogP contribution is -2.36. The quantitative estimate of drug-likeness (QED) is 0.767. The molecule has 6 heteroatoms. The molecule has 0 spiro atoms. The zero-order valence-electron chi connectivity index (χ0n) is 18.1. The summed E-state index contributed by atoms with van der Waals surface area (Å²) in [5.41, 5.74) is 2.78. The number of carbonyl (C=O) groups excluding carboxylic acids is 1. The molecule has 1 atom stereocenters. The van der Waals surface area contributed by atoms with Gasteiger partial charge in [0.25, 0.3) is 0 Å². The van der Waals surface area contributed by atoms with Crippen LogP contribution in [0.5, 0.6) is 0 Å². The Morgan fingerprint density at radius 2 is 2.07 bits per heavy atom. The molecule has 1 amide bonds. The molecule has 3 rings (SSSR count). The van der Waals surface area contributed by atoms with Crippen LogP contribution in [0.25, 0.3) is 11.0 Å². The molecule has 0 aliphatic heterocycles. The monoisotopic (exact) mass is 386 g/mol. The van der Waals surface area contributed by atoms with Gasteiger partial charge in [-0.2, -0.15) is 0 Å². The minimum atomic E-state index is -0.518. The van der Waals surface area contributed by atoms with Gasteiger partial charge >= 0.3 is 6.09 Å². The fourth-order valence-corrected chi connectivity index (χ4v) is 3.59. The summed E-state index contributed by atoms with van der Waals surface area (Å²) < 4.78 is 7.62. The fourth-order valence-electron chi connectivity index (χ4n) is 3.59. The molecule has 1 heterocycles. The van der Waals surface area contributed by atoms with Gasteiger partial charge < -0.3 is 19.5 Å². The van der Waals surface area contributed by atoms with Crippen molar-refractivity contribution in [2.75, 3.05) is 14.1 Å². The van der Waals surface area contributed by atoms with Crippen LogP contribution < -0.4 is 5.32 Å². The molecule has 1 N–H and O–H groups in total. The molecule has 1 aliphatic carbocycles. The van der Waals surface area contributed by atoms with Crippen molar-refractivity contribution in [1.82, 2.24) is 19.8 Å². The van der Waals surface area contributed by atoms with Gasteiger partial charge in [-0.1, -0.05) is 25.0 Å². The molecule has 0 radical (unpaired) electrons. The average Bonchev–Trinajstić information content (AvgIpc) is 3.33. The second-order valence-electron chi connectivity index (χ2n) is 9.27. The Morgan fingerprint density at radius 1 is 1.36 bits per heavy atom. The predicted octanol–water partition coefficient (Wildman–Crippen LogP) is 4.39. The zero-order valence-corrected chi connectivity index (χ0v) is 18.1. The molecular weight excluding hydrogens is 352 g/mol. The van der Waals surface area contributed by atoms with Gasteiger partial charge in [-0.15, -0.1) is 0 Å². The van der Waals surface area contributed by atoms with Crippen LogP contribution in [0.4, 0.5) is 4.79 Å². The van der Waals surface area contributed by atoms with Crippen LogP contribution in [0.15, 0.2) is 18.2 Å². The molecule has 1 unspecified atom stereocenters. The number of hydrogen-bond donors (Lipinski definition) is 1. The third-order valence-electron chi connectivity index (χ3n) is 5.08. The Balaban J connectivity index is 1.90. The van der Waals surface area contributed by atoms with E-state index in [9.17, 15) is 4.79 Å². The van der Waals surface area contributed by atoms with E-state index in [0.717, 1.165) is 42.2 Å². The Morgan fingerprint density at radius 3 is 2.68 bits per heavy atom. The highest BCUT2D eigenvalue weighted by Crippen LogP contribution is 2.36. The number of nitrogens with one attached hydrogen (secondary N) is 1. The van der Waals surface area contributed by atoms with E-state index in [2.05, 4.69) is 47.1 Å². The number of hydrogen-bond acceptors (Lipinski definition) is 4. The molecule has 0 saturated heterocycles. The zero-order chi connectivity index (χ0) is 20.5. The molecule has 1 aromatic heterocycles. The summed E-state index contributed by atoms with van der Waals surface area (Å²) in [6, 6.07) is 6.14. The van der Waals surface area contributed by atoms with E-state index < -0.39 is 5.60 Å². The van der Waals surface area contributed by atoms with Gasteiger partial charge in [0.15, 0.2) is 0 Å². The maximum Gasteiger partial charge on any atom is 0.408 e. The van der Waals surface area contributed by atoms with Crippen LogP contribution in [0.2, 0.25) is 0 Å². The first-order chi connectivity index (χ1) is 13.1. The first-order valence-corrected chi connectivity index (χ1v) is 10.2. The largest absolute Gasteiger partial charge is 0.444 e. The highest BCUT2D eigenvalue weighted by atomic mass is 16.6. The van der Waals surface area contributed by atoms with Crippen molar-refractivity contribution < 1.29 is 9.53 Å². The van der Waals surface area contributed by atoms with Crippen LogP contribution in [0.1, 0.15) is 63.9 Å². The molecule has 154 valence electrons. The Bertz CT molecular complexity index is 831. The van der Waals surface area contributed by atoms with Crippen molar-refractivity contribution in [2.24, 2.45) is 13.0 Å². The summed E-state index contributed by atoms with van der Waals surface area (Å²) >= 11 is 0. The number of para-hydroxylation sites is 1. The topological polar surface area (TPSA) is 59.4 Å². The number of aryl methyl sites for hydroxylation is 1. The average molecular weight is 387 g/mol. The van der Waals surface area contributed by atoms with E-state index in [0.29, 0.717) is 0 Å². The van der Waals surface area contributed by atoms with Gasteiger partial charge in [0.2, 0.25) is 0 Å².